The number of carbonyl (C=O) groups is 2. The molecule has 3 atom stereocenters. The van der Waals surface area contributed by atoms with Crippen LogP contribution in [0.1, 0.15) is 98.5 Å². The summed E-state index contributed by atoms with van der Waals surface area (Å²) in [6.45, 7) is 8.37. The zero-order valence-corrected chi connectivity index (χ0v) is 24.4. The van der Waals surface area contributed by atoms with Crippen LogP contribution in [0.3, 0.4) is 0 Å². The van der Waals surface area contributed by atoms with Crippen molar-refractivity contribution in [3.8, 4) is 6.07 Å². The Labute approximate surface area is 244 Å². The summed E-state index contributed by atoms with van der Waals surface area (Å²) in [6.07, 6.45) is 10.9. The molecule has 12 nitrogen and oxygen atoms in total. The van der Waals surface area contributed by atoms with Gasteiger partial charge in [-0.25, -0.2) is 0 Å². The van der Waals surface area contributed by atoms with Crippen molar-refractivity contribution >= 4 is 11.8 Å². The van der Waals surface area contributed by atoms with E-state index in [9.17, 15) is 9.59 Å². The average Bonchev–Trinajstić information content (AvgIpc) is 3.68. The van der Waals surface area contributed by atoms with Crippen LogP contribution in [0.2, 0.25) is 0 Å². The Morgan fingerprint density at radius 1 is 1.19 bits per heavy atom. The van der Waals surface area contributed by atoms with Gasteiger partial charge in [0.05, 0.1) is 29.4 Å². The lowest BCUT2D eigenvalue weighted by atomic mass is 9.71. The first-order valence-electron chi connectivity index (χ1n) is 15.0. The molecular formula is C30H37N9O3. The van der Waals surface area contributed by atoms with E-state index in [1.807, 2.05) is 33.7 Å². The largest absolute Gasteiger partial charge is 0.341 e. The molecule has 2 saturated heterocycles. The molecule has 3 aromatic heterocycles. The van der Waals surface area contributed by atoms with Crippen LogP contribution in [0.25, 0.3) is 0 Å². The average molecular weight is 572 g/mol. The highest BCUT2D eigenvalue weighted by Crippen LogP contribution is 2.55. The SMILES string of the molecule is CC(c1nc(C2CN(C(=O)c3cnn(CC#N)c3)CC23CN(C(=O)[C@H]2CC2(C)C)C3)no1)n1ccc(C2CCCC2)n1. The molecule has 42 heavy (non-hydrogen) atoms. The molecule has 2 saturated carbocycles. The van der Waals surface area contributed by atoms with Gasteiger partial charge in [-0.15, -0.1) is 0 Å². The van der Waals surface area contributed by atoms with Gasteiger partial charge in [0.2, 0.25) is 5.91 Å². The third-order valence-electron chi connectivity index (χ3n) is 10.1. The predicted octanol–water partition coefficient (Wildman–Crippen LogP) is 3.37. The van der Waals surface area contributed by atoms with Gasteiger partial charge in [-0.2, -0.15) is 20.4 Å². The van der Waals surface area contributed by atoms with Gasteiger partial charge in [-0.05, 0) is 37.7 Å². The topological polar surface area (TPSA) is 139 Å². The van der Waals surface area contributed by atoms with Gasteiger partial charge >= 0.3 is 0 Å². The van der Waals surface area contributed by atoms with Crippen LogP contribution >= 0.6 is 0 Å². The minimum atomic E-state index is -0.348. The van der Waals surface area contributed by atoms with Gasteiger partial charge in [0.15, 0.2) is 5.82 Å². The van der Waals surface area contributed by atoms with Crippen molar-refractivity contribution in [3.63, 3.8) is 0 Å². The molecule has 0 bridgehead atoms. The van der Waals surface area contributed by atoms with E-state index < -0.39 is 0 Å². The minimum absolute atomic E-state index is 0.0589. The monoisotopic (exact) mass is 571 g/mol. The van der Waals surface area contributed by atoms with Crippen molar-refractivity contribution in [2.45, 2.75) is 77.3 Å². The standard InChI is InChI=1S/C30H37N9O3/c1-19(39-10-8-24(34-39)20-6-4-5-7-20)26-33-25(35-42-26)23-15-36(27(40)21-13-32-38(14-21)11-9-31)16-30(23)17-37(18-30)28(41)22-12-29(22,2)3/h8,10,13-14,19-20,22-23H,4-7,11-12,15-18H2,1-3H3/t19?,22-,23?/m1/s1. The molecule has 220 valence electrons. The molecule has 7 rings (SSSR count). The second-order valence-electron chi connectivity index (χ2n) is 13.5. The van der Waals surface area contributed by atoms with Gasteiger partial charge in [-0.3, -0.25) is 19.0 Å². The number of hydrogen-bond acceptors (Lipinski definition) is 8. The number of nitrogens with zero attached hydrogens (tertiary/aromatic N) is 9. The molecule has 2 unspecified atom stereocenters. The van der Waals surface area contributed by atoms with Crippen molar-refractivity contribution in [3.05, 3.63) is 47.6 Å². The highest BCUT2D eigenvalue weighted by atomic mass is 16.5. The Kier molecular flexibility index (Phi) is 6.26. The summed E-state index contributed by atoms with van der Waals surface area (Å²) in [5, 5.41) is 22.4. The number of hydrogen-bond donors (Lipinski definition) is 0. The number of likely N-dealkylation sites (tertiary alicyclic amines) is 2. The number of aromatic nitrogens is 6. The summed E-state index contributed by atoms with van der Waals surface area (Å²) in [5.41, 5.74) is 1.27. The van der Waals surface area contributed by atoms with Crippen LogP contribution in [-0.2, 0) is 11.3 Å². The Morgan fingerprint density at radius 2 is 1.93 bits per heavy atom. The second kappa shape index (κ2) is 9.78. The van der Waals surface area contributed by atoms with Crippen LogP contribution < -0.4 is 0 Å². The molecule has 5 heterocycles. The van der Waals surface area contributed by atoms with E-state index in [-0.39, 0.29) is 47.1 Å². The molecule has 4 fully saturated rings. The third-order valence-corrected chi connectivity index (χ3v) is 10.1. The fourth-order valence-electron chi connectivity index (χ4n) is 7.27. The van der Waals surface area contributed by atoms with E-state index >= 15 is 0 Å². The van der Waals surface area contributed by atoms with Crippen LogP contribution in [0.15, 0.2) is 29.2 Å². The number of nitriles is 1. The lowest BCUT2D eigenvalue weighted by Crippen LogP contribution is -2.62. The number of carbonyl (C=O) groups excluding carboxylic acids is 2. The quantitative estimate of drug-likeness (QED) is 0.421. The summed E-state index contributed by atoms with van der Waals surface area (Å²) in [7, 11) is 0. The lowest BCUT2D eigenvalue weighted by Gasteiger charge is -2.50. The summed E-state index contributed by atoms with van der Waals surface area (Å²) in [6, 6.07) is 3.92. The maximum Gasteiger partial charge on any atom is 0.257 e. The molecule has 0 N–H and O–H groups in total. The Morgan fingerprint density at radius 3 is 2.64 bits per heavy atom. The normalized spacial score (nSPS) is 25.0. The van der Waals surface area contributed by atoms with Gasteiger partial charge in [0, 0.05) is 55.8 Å². The highest BCUT2D eigenvalue weighted by molar-refractivity contribution is 5.94. The molecular weight excluding hydrogens is 534 g/mol. The Bertz CT molecular complexity index is 1550. The lowest BCUT2D eigenvalue weighted by molar-refractivity contribution is -0.145. The van der Waals surface area contributed by atoms with E-state index in [4.69, 9.17) is 19.9 Å². The predicted molar refractivity (Wildman–Crippen MR) is 149 cm³/mol. The first-order valence-corrected chi connectivity index (χ1v) is 15.0. The maximum absolute atomic E-state index is 13.5. The molecule has 0 aromatic carbocycles. The van der Waals surface area contributed by atoms with Crippen molar-refractivity contribution in [2.24, 2.45) is 16.7 Å². The summed E-state index contributed by atoms with van der Waals surface area (Å²) in [5.74, 6) is 1.51. The van der Waals surface area contributed by atoms with Crippen LogP contribution in [-0.4, -0.2) is 77.5 Å². The van der Waals surface area contributed by atoms with E-state index in [0.29, 0.717) is 49.4 Å². The first kappa shape index (κ1) is 26.9. The molecule has 2 aliphatic heterocycles. The molecule has 2 amide bonds. The van der Waals surface area contributed by atoms with Gasteiger partial charge < -0.3 is 14.3 Å². The molecule has 2 aliphatic carbocycles. The first-order chi connectivity index (χ1) is 20.2. The molecule has 1 spiro atoms. The molecule has 0 radical (unpaired) electrons. The van der Waals surface area contributed by atoms with Crippen molar-refractivity contribution in [2.75, 3.05) is 26.2 Å². The van der Waals surface area contributed by atoms with Crippen molar-refractivity contribution in [1.29, 1.82) is 5.26 Å². The van der Waals surface area contributed by atoms with Gasteiger partial charge in [-0.1, -0.05) is 31.8 Å². The van der Waals surface area contributed by atoms with Gasteiger partial charge in [0.25, 0.3) is 11.8 Å². The molecule has 3 aromatic rings. The fraction of sp³-hybridized carbons (Fsp3) is 0.633. The number of rotatable bonds is 7. The smallest absolute Gasteiger partial charge is 0.257 e. The van der Waals surface area contributed by atoms with Crippen LogP contribution in [0.4, 0.5) is 0 Å². The Balaban J connectivity index is 1.12. The van der Waals surface area contributed by atoms with E-state index in [1.54, 1.807) is 6.20 Å². The zero-order valence-electron chi connectivity index (χ0n) is 24.4. The number of amides is 2. The summed E-state index contributed by atoms with van der Waals surface area (Å²) in [4.78, 5) is 35.3. The molecule has 4 aliphatic rings. The van der Waals surface area contributed by atoms with E-state index in [0.717, 1.165) is 12.1 Å². The summed E-state index contributed by atoms with van der Waals surface area (Å²) < 4.78 is 9.15. The van der Waals surface area contributed by atoms with E-state index in [2.05, 4.69) is 30.2 Å². The minimum Gasteiger partial charge on any atom is -0.341 e. The van der Waals surface area contributed by atoms with Crippen molar-refractivity contribution < 1.29 is 14.1 Å². The maximum atomic E-state index is 13.5. The van der Waals surface area contributed by atoms with E-state index in [1.165, 1.54) is 36.6 Å². The fourth-order valence-corrected chi connectivity index (χ4v) is 7.27. The second-order valence-corrected chi connectivity index (χ2v) is 13.5. The third kappa shape index (κ3) is 4.50. The van der Waals surface area contributed by atoms with Crippen LogP contribution in [0.5, 0.6) is 0 Å². The highest BCUT2D eigenvalue weighted by Gasteiger charge is 2.61. The van der Waals surface area contributed by atoms with Crippen LogP contribution in [0, 0.1) is 28.1 Å². The van der Waals surface area contributed by atoms with Crippen molar-refractivity contribution in [1.82, 2.24) is 39.5 Å². The molecule has 12 heteroatoms. The zero-order chi connectivity index (χ0) is 29.2. The Hall–Kier alpha value is -4.01. The van der Waals surface area contributed by atoms with Gasteiger partial charge in [0.1, 0.15) is 12.6 Å². The summed E-state index contributed by atoms with van der Waals surface area (Å²) >= 11 is 0.